The quantitative estimate of drug-likeness (QED) is 0.379. The summed E-state index contributed by atoms with van der Waals surface area (Å²) in [7, 11) is 0. The molecule has 1 aliphatic rings. The van der Waals surface area contributed by atoms with Gasteiger partial charge in [0.1, 0.15) is 0 Å². The molecule has 0 spiro atoms. The molecule has 0 saturated carbocycles. The fourth-order valence-corrected chi connectivity index (χ4v) is 4.31. The summed E-state index contributed by atoms with van der Waals surface area (Å²) < 4.78 is 6.12. The van der Waals surface area contributed by atoms with E-state index in [1.807, 2.05) is 24.3 Å². The Morgan fingerprint density at radius 1 is 1.17 bits per heavy atom. The molecule has 0 atom stereocenters. The van der Waals surface area contributed by atoms with Crippen molar-refractivity contribution in [2.75, 3.05) is 6.61 Å². The van der Waals surface area contributed by atoms with Crippen LogP contribution in [-0.2, 0) is 16.1 Å². The van der Waals surface area contributed by atoms with E-state index in [2.05, 4.69) is 22.6 Å². The van der Waals surface area contributed by atoms with Crippen LogP contribution in [0.15, 0.2) is 41.3 Å². The maximum absolute atomic E-state index is 12.7. The van der Waals surface area contributed by atoms with E-state index < -0.39 is 18.5 Å². The maximum atomic E-state index is 12.7. The molecular weight excluding hydrogens is 552 g/mol. The first-order valence-electron chi connectivity index (χ1n) is 8.08. The predicted molar refractivity (Wildman–Crippen MR) is 120 cm³/mol. The fourth-order valence-electron chi connectivity index (χ4n) is 2.49. The van der Waals surface area contributed by atoms with Crippen LogP contribution in [0.1, 0.15) is 11.1 Å². The minimum atomic E-state index is -1.16. The molecule has 0 radical (unpaired) electrons. The van der Waals surface area contributed by atoms with Gasteiger partial charge in [-0.3, -0.25) is 14.5 Å². The molecule has 2 amide bonds. The lowest BCUT2D eigenvalue weighted by Crippen LogP contribution is -2.27. The standard InChI is InChI=1S/C19H12Cl2INO5S/c20-13-5-11(6-14(21)17(13)28-9-16(24)25)7-15-18(26)23(19(27)29-15)8-10-1-3-12(22)4-2-10/h1-7H,8-9H2,(H,24,25)/b15-7-. The number of carboxylic acids is 1. The molecule has 6 nitrogen and oxygen atoms in total. The predicted octanol–water partition coefficient (Wildman–Crippen LogP) is 5.30. The summed E-state index contributed by atoms with van der Waals surface area (Å²) in [6.07, 6.45) is 1.51. The van der Waals surface area contributed by atoms with Crippen molar-refractivity contribution in [3.8, 4) is 5.75 Å². The smallest absolute Gasteiger partial charge is 0.341 e. The van der Waals surface area contributed by atoms with Crippen LogP contribution in [0, 0.1) is 3.57 Å². The average Bonchev–Trinajstić information content (AvgIpc) is 2.90. The Morgan fingerprint density at radius 2 is 1.79 bits per heavy atom. The summed E-state index contributed by atoms with van der Waals surface area (Å²) in [6.45, 7) is -0.404. The highest BCUT2D eigenvalue weighted by atomic mass is 127. The lowest BCUT2D eigenvalue weighted by atomic mass is 10.2. The van der Waals surface area contributed by atoms with Crippen molar-refractivity contribution in [2.24, 2.45) is 0 Å². The summed E-state index contributed by atoms with van der Waals surface area (Å²) in [5.41, 5.74) is 1.34. The van der Waals surface area contributed by atoms with Gasteiger partial charge in [-0.15, -0.1) is 0 Å². The van der Waals surface area contributed by atoms with E-state index >= 15 is 0 Å². The second-order valence-corrected chi connectivity index (χ2v) is 8.94. The van der Waals surface area contributed by atoms with Crippen molar-refractivity contribution < 1.29 is 24.2 Å². The third-order valence-corrected chi connectivity index (χ3v) is 5.97. The summed E-state index contributed by atoms with van der Waals surface area (Å²) in [5.74, 6) is -1.53. The maximum Gasteiger partial charge on any atom is 0.341 e. The zero-order valence-electron chi connectivity index (χ0n) is 14.5. The van der Waals surface area contributed by atoms with Gasteiger partial charge in [-0.05, 0) is 75.8 Å². The third kappa shape index (κ3) is 5.44. The topological polar surface area (TPSA) is 83.9 Å². The molecule has 29 heavy (non-hydrogen) atoms. The van der Waals surface area contributed by atoms with Crippen LogP contribution < -0.4 is 4.74 Å². The van der Waals surface area contributed by atoms with Crippen molar-refractivity contribution in [3.05, 3.63) is 66.0 Å². The van der Waals surface area contributed by atoms with Gasteiger partial charge >= 0.3 is 5.97 Å². The Hall–Kier alpha value is -1.75. The van der Waals surface area contributed by atoms with Gasteiger partial charge < -0.3 is 9.84 Å². The van der Waals surface area contributed by atoms with Crippen LogP contribution in [0.25, 0.3) is 6.08 Å². The molecule has 2 aromatic carbocycles. The number of amides is 2. The van der Waals surface area contributed by atoms with Gasteiger partial charge in [0.05, 0.1) is 21.5 Å². The number of carbonyl (C=O) groups is 3. The number of benzene rings is 2. The van der Waals surface area contributed by atoms with Gasteiger partial charge in [0, 0.05) is 3.57 Å². The van der Waals surface area contributed by atoms with Crippen molar-refractivity contribution in [1.82, 2.24) is 4.90 Å². The van der Waals surface area contributed by atoms with E-state index in [1.165, 1.54) is 23.1 Å². The van der Waals surface area contributed by atoms with Gasteiger partial charge in [-0.1, -0.05) is 35.3 Å². The first-order valence-corrected chi connectivity index (χ1v) is 10.7. The van der Waals surface area contributed by atoms with E-state index in [9.17, 15) is 14.4 Å². The summed E-state index contributed by atoms with van der Waals surface area (Å²) >= 11 is 15.2. The van der Waals surface area contributed by atoms with E-state index in [-0.39, 0.29) is 32.5 Å². The summed E-state index contributed by atoms with van der Waals surface area (Å²) in [6, 6.07) is 10.5. The number of nitrogens with zero attached hydrogens (tertiary/aromatic N) is 1. The number of thioether (sulfide) groups is 1. The van der Waals surface area contributed by atoms with Crippen molar-refractivity contribution in [3.63, 3.8) is 0 Å². The van der Waals surface area contributed by atoms with Crippen molar-refractivity contribution in [1.29, 1.82) is 0 Å². The minimum absolute atomic E-state index is 0.0414. The highest BCUT2D eigenvalue weighted by molar-refractivity contribution is 14.1. The molecule has 0 unspecified atom stereocenters. The third-order valence-electron chi connectivity index (χ3n) is 3.79. The Kier molecular flexibility index (Phi) is 7.10. The number of carboxylic acid groups (broad SMARTS) is 1. The van der Waals surface area contributed by atoms with Crippen LogP contribution >= 0.6 is 57.6 Å². The minimum Gasteiger partial charge on any atom is -0.479 e. The lowest BCUT2D eigenvalue weighted by molar-refractivity contribution is -0.139. The fraction of sp³-hybridized carbons (Fsp3) is 0.105. The highest BCUT2D eigenvalue weighted by Crippen LogP contribution is 2.37. The van der Waals surface area contributed by atoms with Crippen LogP contribution in [0.3, 0.4) is 0 Å². The first kappa shape index (κ1) is 21.9. The van der Waals surface area contributed by atoms with Crippen molar-refractivity contribution in [2.45, 2.75) is 6.54 Å². The Morgan fingerprint density at radius 3 is 2.38 bits per heavy atom. The lowest BCUT2D eigenvalue weighted by Gasteiger charge is -2.12. The molecule has 150 valence electrons. The average molecular weight is 564 g/mol. The molecule has 1 aliphatic heterocycles. The molecule has 0 aromatic heterocycles. The molecule has 0 aliphatic carbocycles. The number of halogens is 3. The monoisotopic (exact) mass is 563 g/mol. The molecule has 2 aromatic rings. The number of aliphatic carboxylic acids is 1. The van der Waals surface area contributed by atoms with Crippen LogP contribution in [-0.4, -0.2) is 33.7 Å². The number of imide groups is 1. The SMILES string of the molecule is O=C(O)COc1c(Cl)cc(/C=C2\SC(=O)N(Cc3ccc(I)cc3)C2=O)cc1Cl. The second-order valence-electron chi connectivity index (χ2n) is 5.89. The van der Waals surface area contributed by atoms with E-state index in [0.717, 1.165) is 20.9 Å². The van der Waals surface area contributed by atoms with Crippen LogP contribution in [0.5, 0.6) is 5.75 Å². The molecule has 1 saturated heterocycles. The molecule has 10 heteroatoms. The van der Waals surface area contributed by atoms with E-state index in [0.29, 0.717) is 5.56 Å². The van der Waals surface area contributed by atoms with Gasteiger partial charge in [-0.25, -0.2) is 4.79 Å². The van der Waals surface area contributed by atoms with Crippen molar-refractivity contribution >= 4 is 80.7 Å². The summed E-state index contributed by atoms with van der Waals surface area (Å²) in [4.78, 5) is 37.0. The van der Waals surface area contributed by atoms with Crippen LogP contribution in [0.4, 0.5) is 4.79 Å². The molecular formula is C19H12Cl2INO5S. The first-order chi connectivity index (χ1) is 13.7. The van der Waals surface area contributed by atoms with Gasteiger partial charge in [0.15, 0.2) is 12.4 Å². The Balaban J connectivity index is 1.80. The van der Waals surface area contributed by atoms with E-state index in [4.69, 9.17) is 33.0 Å². The zero-order chi connectivity index (χ0) is 21.1. The van der Waals surface area contributed by atoms with Gasteiger partial charge in [0.2, 0.25) is 0 Å². The molecule has 1 N–H and O–H groups in total. The molecule has 1 fully saturated rings. The molecule has 3 rings (SSSR count). The zero-order valence-corrected chi connectivity index (χ0v) is 19.0. The number of hydrogen-bond acceptors (Lipinski definition) is 5. The normalized spacial score (nSPS) is 15.3. The molecule has 1 heterocycles. The van der Waals surface area contributed by atoms with E-state index in [1.54, 1.807) is 0 Å². The number of rotatable bonds is 6. The number of ether oxygens (including phenoxy) is 1. The van der Waals surface area contributed by atoms with Crippen LogP contribution in [0.2, 0.25) is 10.0 Å². The van der Waals surface area contributed by atoms with Gasteiger partial charge in [-0.2, -0.15) is 0 Å². The number of hydrogen-bond donors (Lipinski definition) is 1. The summed E-state index contributed by atoms with van der Waals surface area (Å²) in [5, 5.41) is 8.54. The van der Waals surface area contributed by atoms with Gasteiger partial charge in [0.25, 0.3) is 11.1 Å². The second kappa shape index (κ2) is 9.38. The Labute approximate surface area is 193 Å². The molecule has 0 bridgehead atoms. The Bertz CT molecular complexity index is 1000. The number of carbonyl (C=O) groups excluding carboxylic acids is 2. The highest BCUT2D eigenvalue weighted by Gasteiger charge is 2.35. The largest absolute Gasteiger partial charge is 0.479 e.